The molecule has 0 bridgehead atoms. The number of halogens is 3. The van der Waals surface area contributed by atoms with Crippen molar-refractivity contribution in [3.8, 4) is 0 Å². The standard InChI is InChI=1S/C25H36F3N3O3/c1-5-22(32)19-14-18(30(4)15(2)3)9-10-21(19)31-12-11-20(24(31)34)29-23(33)16-7-6-8-17(13-16)25(26,27)28/h6-8,13,15,18-22,32H,5,9-12,14H2,1-4H3,(H,29,33)/t18-,19-,20?,21+,22?/m1/s1. The molecule has 6 nitrogen and oxygen atoms in total. The molecule has 2 fully saturated rings. The third kappa shape index (κ3) is 5.74. The summed E-state index contributed by atoms with van der Waals surface area (Å²) in [4.78, 5) is 29.9. The lowest BCUT2D eigenvalue weighted by atomic mass is 9.76. The highest BCUT2D eigenvalue weighted by Gasteiger charge is 2.44. The Kier molecular flexibility index (Phi) is 8.29. The highest BCUT2D eigenvalue weighted by atomic mass is 19.4. The minimum Gasteiger partial charge on any atom is -0.393 e. The van der Waals surface area contributed by atoms with Gasteiger partial charge >= 0.3 is 6.18 Å². The van der Waals surface area contributed by atoms with Crippen LogP contribution in [-0.2, 0) is 11.0 Å². The molecule has 1 aromatic carbocycles. The molecule has 3 rings (SSSR count). The quantitative estimate of drug-likeness (QED) is 0.621. The van der Waals surface area contributed by atoms with Crippen LogP contribution in [0.3, 0.4) is 0 Å². The largest absolute Gasteiger partial charge is 0.416 e. The predicted octanol–water partition coefficient (Wildman–Crippen LogP) is 3.68. The zero-order valence-corrected chi connectivity index (χ0v) is 20.3. The number of likely N-dealkylation sites (tertiary alicyclic amines) is 1. The fourth-order valence-corrected chi connectivity index (χ4v) is 5.30. The first-order valence-corrected chi connectivity index (χ1v) is 12.1. The summed E-state index contributed by atoms with van der Waals surface area (Å²) >= 11 is 0. The summed E-state index contributed by atoms with van der Waals surface area (Å²) in [7, 11) is 2.09. The van der Waals surface area contributed by atoms with Crippen LogP contribution in [0.4, 0.5) is 13.2 Å². The molecule has 2 unspecified atom stereocenters. The van der Waals surface area contributed by atoms with Gasteiger partial charge in [0.25, 0.3) is 5.91 Å². The molecule has 2 amide bonds. The minimum atomic E-state index is -4.55. The van der Waals surface area contributed by atoms with E-state index in [1.807, 2.05) is 6.92 Å². The third-order valence-corrected chi connectivity index (χ3v) is 7.53. The Balaban J connectivity index is 1.69. The number of carbonyl (C=O) groups excluding carboxylic acids is 2. The van der Waals surface area contributed by atoms with Crippen molar-refractivity contribution in [1.82, 2.24) is 15.1 Å². The fraction of sp³-hybridized carbons (Fsp3) is 0.680. The molecule has 1 aliphatic carbocycles. The van der Waals surface area contributed by atoms with Crippen LogP contribution in [0.15, 0.2) is 24.3 Å². The molecule has 1 aromatic rings. The Morgan fingerprint density at radius 2 is 1.97 bits per heavy atom. The van der Waals surface area contributed by atoms with Crippen LogP contribution < -0.4 is 5.32 Å². The van der Waals surface area contributed by atoms with Crippen molar-refractivity contribution in [3.05, 3.63) is 35.4 Å². The Bertz CT molecular complexity index is 876. The number of alkyl halides is 3. The number of aliphatic hydroxyl groups is 1. The van der Waals surface area contributed by atoms with Gasteiger partial charge in [-0.25, -0.2) is 0 Å². The van der Waals surface area contributed by atoms with Crippen molar-refractivity contribution in [1.29, 1.82) is 0 Å². The van der Waals surface area contributed by atoms with E-state index >= 15 is 0 Å². The van der Waals surface area contributed by atoms with Crippen molar-refractivity contribution in [2.75, 3.05) is 13.6 Å². The second kappa shape index (κ2) is 10.6. The molecule has 190 valence electrons. The Morgan fingerprint density at radius 1 is 1.26 bits per heavy atom. The van der Waals surface area contributed by atoms with E-state index in [2.05, 4.69) is 31.1 Å². The number of amides is 2. The number of benzene rings is 1. The second-order valence-corrected chi connectivity index (χ2v) is 9.86. The second-order valence-electron chi connectivity index (χ2n) is 9.86. The lowest BCUT2D eigenvalue weighted by Gasteiger charge is -2.46. The molecular weight excluding hydrogens is 447 g/mol. The number of hydrogen-bond acceptors (Lipinski definition) is 4. The summed E-state index contributed by atoms with van der Waals surface area (Å²) in [6.45, 7) is 6.66. The van der Waals surface area contributed by atoms with Gasteiger partial charge in [-0.3, -0.25) is 9.59 Å². The average Bonchev–Trinajstić information content (AvgIpc) is 3.16. The van der Waals surface area contributed by atoms with Gasteiger partial charge in [-0.15, -0.1) is 0 Å². The minimum absolute atomic E-state index is 0.0631. The van der Waals surface area contributed by atoms with E-state index in [4.69, 9.17) is 0 Å². The number of carbonyl (C=O) groups is 2. The Morgan fingerprint density at radius 3 is 2.59 bits per heavy atom. The zero-order valence-electron chi connectivity index (χ0n) is 20.3. The highest BCUT2D eigenvalue weighted by molar-refractivity contribution is 5.98. The first kappa shape index (κ1) is 26.5. The SMILES string of the molecule is CCC(O)[C@@H]1C[C@H](N(C)C(C)C)CC[C@@H]1N1CCC(NC(=O)c2cccc(C(F)(F)F)c2)C1=O. The van der Waals surface area contributed by atoms with Gasteiger partial charge in [-0.2, -0.15) is 13.2 Å². The summed E-state index contributed by atoms with van der Waals surface area (Å²) in [5, 5.41) is 13.4. The molecule has 5 atom stereocenters. The lowest BCUT2D eigenvalue weighted by molar-refractivity contribution is -0.137. The summed E-state index contributed by atoms with van der Waals surface area (Å²) in [5.41, 5.74) is -1.03. The van der Waals surface area contributed by atoms with Crippen LogP contribution >= 0.6 is 0 Å². The Labute approximate surface area is 199 Å². The summed E-state index contributed by atoms with van der Waals surface area (Å²) in [5.74, 6) is -0.986. The van der Waals surface area contributed by atoms with Gasteiger partial charge < -0.3 is 20.2 Å². The van der Waals surface area contributed by atoms with E-state index in [0.717, 1.165) is 31.4 Å². The fourth-order valence-electron chi connectivity index (χ4n) is 5.30. The molecule has 1 aliphatic heterocycles. The van der Waals surface area contributed by atoms with Gasteiger partial charge in [0, 0.05) is 36.2 Å². The maximum absolute atomic E-state index is 13.2. The maximum atomic E-state index is 13.2. The summed E-state index contributed by atoms with van der Waals surface area (Å²) in [6, 6.07) is 4.01. The molecule has 0 radical (unpaired) electrons. The molecule has 0 spiro atoms. The van der Waals surface area contributed by atoms with Gasteiger partial charge in [0.1, 0.15) is 6.04 Å². The predicted molar refractivity (Wildman–Crippen MR) is 123 cm³/mol. The van der Waals surface area contributed by atoms with Crippen LogP contribution in [0.5, 0.6) is 0 Å². The van der Waals surface area contributed by atoms with Gasteiger partial charge in [0.05, 0.1) is 11.7 Å². The van der Waals surface area contributed by atoms with Crippen molar-refractivity contribution >= 4 is 11.8 Å². The smallest absolute Gasteiger partial charge is 0.393 e. The lowest BCUT2D eigenvalue weighted by Crippen LogP contribution is -2.54. The van der Waals surface area contributed by atoms with E-state index < -0.39 is 29.8 Å². The van der Waals surface area contributed by atoms with Crippen molar-refractivity contribution < 1.29 is 27.9 Å². The van der Waals surface area contributed by atoms with Crippen LogP contribution in [0.25, 0.3) is 0 Å². The molecule has 2 aliphatic rings. The Hall–Kier alpha value is -2.13. The van der Waals surface area contributed by atoms with Gasteiger partial charge in [0.2, 0.25) is 5.91 Å². The monoisotopic (exact) mass is 483 g/mol. The van der Waals surface area contributed by atoms with Gasteiger partial charge in [0.15, 0.2) is 0 Å². The van der Waals surface area contributed by atoms with E-state index in [-0.39, 0.29) is 23.4 Å². The molecular formula is C25H36F3N3O3. The molecule has 1 heterocycles. The number of aliphatic hydroxyl groups excluding tert-OH is 1. The third-order valence-electron chi connectivity index (χ3n) is 7.53. The van der Waals surface area contributed by atoms with Crippen LogP contribution in [0, 0.1) is 5.92 Å². The van der Waals surface area contributed by atoms with Crippen molar-refractivity contribution in [2.24, 2.45) is 5.92 Å². The van der Waals surface area contributed by atoms with Crippen molar-refractivity contribution in [2.45, 2.75) is 89.3 Å². The molecule has 34 heavy (non-hydrogen) atoms. The van der Waals surface area contributed by atoms with E-state index in [1.54, 1.807) is 4.90 Å². The normalized spacial score (nSPS) is 26.9. The number of rotatable bonds is 7. The van der Waals surface area contributed by atoms with Crippen LogP contribution in [0.1, 0.15) is 68.8 Å². The molecule has 9 heteroatoms. The maximum Gasteiger partial charge on any atom is 0.416 e. The number of hydrogen-bond donors (Lipinski definition) is 2. The summed E-state index contributed by atoms with van der Waals surface area (Å²) < 4.78 is 39.0. The first-order valence-electron chi connectivity index (χ1n) is 12.1. The number of nitrogens with zero attached hydrogens (tertiary/aromatic N) is 2. The van der Waals surface area contributed by atoms with Crippen molar-refractivity contribution in [3.63, 3.8) is 0 Å². The van der Waals surface area contributed by atoms with Crippen LogP contribution in [-0.4, -0.2) is 70.6 Å². The van der Waals surface area contributed by atoms with E-state index in [9.17, 15) is 27.9 Å². The first-order chi connectivity index (χ1) is 15.9. The summed E-state index contributed by atoms with van der Waals surface area (Å²) in [6.07, 6.45) is -1.62. The topological polar surface area (TPSA) is 72.9 Å². The zero-order chi connectivity index (χ0) is 25.2. The van der Waals surface area contributed by atoms with E-state index in [1.165, 1.54) is 12.1 Å². The number of nitrogens with one attached hydrogen (secondary N) is 1. The van der Waals surface area contributed by atoms with Gasteiger partial charge in [-0.1, -0.05) is 13.0 Å². The van der Waals surface area contributed by atoms with Gasteiger partial charge in [-0.05, 0) is 71.2 Å². The molecule has 1 saturated carbocycles. The van der Waals surface area contributed by atoms with E-state index in [0.29, 0.717) is 31.5 Å². The molecule has 2 N–H and O–H groups in total. The highest BCUT2D eigenvalue weighted by Crippen LogP contribution is 2.36. The molecule has 1 saturated heterocycles. The van der Waals surface area contributed by atoms with Crippen LogP contribution in [0.2, 0.25) is 0 Å². The average molecular weight is 484 g/mol. The molecule has 0 aromatic heterocycles.